The van der Waals surface area contributed by atoms with E-state index in [1.165, 1.54) is 4.90 Å². The van der Waals surface area contributed by atoms with Crippen LogP contribution in [0.4, 0.5) is 10.5 Å². The summed E-state index contributed by atoms with van der Waals surface area (Å²) in [6.07, 6.45) is -0.457. The highest BCUT2D eigenvalue weighted by Crippen LogP contribution is 2.27. The Hall–Kier alpha value is -1.71. The standard InChI is InChI=1S/C13H19NO3/c1-5-14(12(16)17-13(2,3)4)10-8-6-7-9-11(10)15/h6-9,15H,5H2,1-4H3. The van der Waals surface area contributed by atoms with Gasteiger partial charge in [-0.3, -0.25) is 4.90 Å². The molecule has 0 spiro atoms. The largest absolute Gasteiger partial charge is 0.506 e. The van der Waals surface area contributed by atoms with Gasteiger partial charge in [-0.15, -0.1) is 0 Å². The van der Waals surface area contributed by atoms with E-state index in [0.29, 0.717) is 12.2 Å². The molecule has 1 aromatic rings. The Kier molecular flexibility index (Phi) is 3.99. The number of rotatable bonds is 2. The van der Waals surface area contributed by atoms with Gasteiger partial charge in [0, 0.05) is 6.54 Å². The Morgan fingerprint density at radius 2 is 1.94 bits per heavy atom. The number of amides is 1. The second kappa shape index (κ2) is 5.08. The lowest BCUT2D eigenvalue weighted by atomic mass is 10.2. The molecule has 0 aliphatic heterocycles. The molecule has 17 heavy (non-hydrogen) atoms. The molecule has 0 fully saturated rings. The van der Waals surface area contributed by atoms with Crippen molar-refractivity contribution in [1.82, 2.24) is 0 Å². The van der Waals surface area contributed by atoms with Crippen molar-refractivity contribution in [2.75, 3.05) is 11.4 Å². The van der Waals surface area contributed by atoms with E-state index in [-0.39, 0.29) is 5.75 Å². The highest BCUT2D eigenvalue weighted by Gasteiger charge is 2.23. The second-order valence-corrected chi connectivity index (χ2v) is 4.71. The monoisotopic (exact) mass is 237 g/mol. The van der Waals surface area contributed by atoms with Crippen molar-refractivity contribution in [3.63, 3.8) is 0 Å². The third-order valence-electron chi connectivity index (χ3n) is 2.10. The summed E-state index contributed by atoms with van der Waals surface area (Å²) in [6.45, 7) is 7.69. The van der Waals surface area contributed by atoms with Gasteiger partial charge in [-0.05, 0) is 39.8 Å². The molecule has 1 aromatic carbocycles. The zero-order chi connectivity index (χ0) is 13.1. The Morgan fingerprint density at radius 3 is 2.41 bits per heavy atom. The number of aromatic hydroxyl groups is 1. The topological polar surface area (TPSA) is 49.8 Å². The van der Waals surface area contributed by atoms with Gasteiger partial charge in [0.1, 0.15) is 11.4 Å². The summed E-state index contributed by atoms with van der Waals surface area (Å²) < 4.78 is 5.28. The maximum Gasteiger partial charge on any atom is 0.414 e. The second-order valence-electron chi connectivity index (χ2n) is 4.71. The van der Waals surface area contributed by atoms with Crippen LogP contribution < -0.4 is 4.90 Å². The smallest absolute Gasteiger partial charge is 0.414 e. The third-order valence-corrected chi connectivity index (χ3v) is 2.10. The molecular formula is C13H19NO3. The Bertz CT molecular complexity index is 396. The number of carbonyl (C=O) groups is 1. The van der Waals surface area contributed by atoms with Gasteiger partial charge < -0.3 is 9.84 Å². The maximum absolute atomic E-state index is 11.9. The minimum Gasteiger partial charge on any atom is -0.506 e. The molecule has 0 bridgehead atoms. The zero-order valence-corrected chi connectivity index (χ0v) is 10.7. The highest BCUT2D eigenvalue weighted by molar-refractivity contribution is 5.89. The molecule has 1 amide bonds. The van der Waals surface area contributed by atoms with E-state index in [2.05, 4.69) is 0 Å². The number of benzene rings is 1. The van der Waals surface area contributed by atoms with Crippen LogP contribution in [0.15, 0.2) is 24.3 Å². The summed E-state index contributed by atoms with van der Waals surface area (Å²) in [5, 5.41) is 9.71. The minimum absolute atomic E-state index is 0.0696. The number of anilines is 1. The number of nitrogens with zero attached hydrogens (tertiary/aromatic N) is 1. The molecule has 0 aromatic heterocycles. The van der Waals surface area contributed by atoms with Gasteiger partial charge in [-0.25, -0.2) is 4.79 Å². The van der Waals surface area contributed by atoms with Gasteiger partial charge in [0.25, 0.3) is 0 Å². The average Bonchev–Trinajstić information content (AvgIpc) is 2.19. The lowest BCUT2D eigenvalue weighted by Crippen LogP contribution is -2.36. The SMILES string of the molecule is CCN(C(=O)OC(C)(C)C)c1ccccc1O. The summed E-state index contributed by atoms with van der Waals surface area (Å²) in [7, 11) is 0. The van der Waals surface area contributed by atoms with Crippen LogP contribution in [-0.4, -0.2) is 23.3 Å². The van der Waals surface area contributed by atoms with E-state index in [1.54, 1.807) is 24.3 Å². The molecule has 1 rings (SSSR count). The first-order chi connectivity index (χ1) is 7.85. The summed E-state index contributed by atoms with van der Waals surface area (Å²) in [5.74, 6) is 0.0696. The maximum atomic E-state index is 11.9. The van der Waals surface area contributed by atoms with E-state index in [1.807, 2.05) is 27.7 Å². The van der Waals surface area contributed by atoms with Gasteiger partial charge in [-0.2, -0.15) is 0 Å². The van der Waals surface area contributed by atoms with E-state index in [0.717, 1.165) is 0 Å². The van der Waals surface area contributed by atoms with Crippen LogP contribution in [0.25, 0.3) is 0 Å². The summed E-state index contributed by atoms with van der Waals surface area (Å²) >= 11 is 0. The van der Waals surface area contributed by atoms with Gasteiger partial charge in [0.05, 0.1) is 5.69 Å². The third kappa shape index (κ3) is 3.66. The van der Waals surface area contributed by atoms with Crippen molar-refractivity contribution >= 4 is 11.8 Å². The molecule has 0 aliphatic rings. The van der Waals surface area contributed by atoms with Crippen LogP contribution >= 0.6 is 0 Å². The fourth-order valence-electron chi connectivity index (χ4n) is 1.41. The fraction of sp³-hybridized carbons (Fsp3) is 0.462. The highest BCUT2D eigenvalue weighted by atomic mass is 16.6. The summed E-state index contributed by atoms with van der Waals surface area (Å²) in [6, 6.07) is 6.70. The number of hydrogen-bond donors (Lipinski definition) is 1. The number of para-hydroxylation sites is 2. The van der Waals surface area contributed by atoms with Gasteiger partial charge in [-0.1, -0.05) is 12.1 Å². The molecule has 94 valence electrons. The molecule has 1 N–H and O–H groups in total. The average molecular weight is 237 g/mol. The van der Waals surface area contributed by atoms with Crippen molar-refractivity contribution in [1.29, 1.82) is 0 Å². The zero-order valence-electron chi connectivity index (χ0n) is 10.7. The Labute approximate surface area is 102 Å². The molecule has 0 radical (unpaired) electrons. The summed E-state index contributed by atoms with van der Waals surface area (Å²) in [5.41, 5.74) is -0.0845. The lowest BCUT2D eigenvalue weighted by Gasteiger charge is -2.26. The van der Waals surface area contributed by atoms with Crippen molar-refractivity contribution in [2.45, 2.75) is 33.3 Å². The Morgan fingerprint density at radius 1 is 1.35 bits per heavy atom. The molecule has 4 nitrogen and oxygen atoms in total. The lowest BCUT2D eigenvalue weighted by molar-refractivity contribution is 0.0581. The molecule has 0 aliphatic carbocycles. The van der Waals surface area contributed by atoms with Crippen LogP contribution in [0.3, 0.4) is 0 Å². The molecule has 0 saturated heterocycles. The number of phenolic OH excluding ortho intramolecular Hbond substituents is 1. The molecule has 0 unspecified atom stereocenters. The van der Waals surface area contributed by atoms with Crippen LogP contribution in [0.1, 0.15) is 27.7 Å². The van der Waals surface area contributed by atoms with E-state index < -0.39 is 11.7 Å². The van der Waals surface area contributed by atoms with Crippen LogP contribution in [-0.2, 0) is 4.74 Å². The first-order valence-electron chi connectivity index (χ1n) is 5.63. The van der Waals surface area contributed by atoms with Crippen molar-refractivity contribution in [3.8, 4) is 5.75 Å². The van der Waals surface area contributed by atoms with E-state index in [9.17, 15) is 9.90 Å². The quantitative estimate of drug-likeness (QED) is 0.859. The fourth-order valence-corrected chi connectivity index (χ4v) is 1.41. The van der Waals surface area contributed by atoms with Gasteiger partial charge in [0.15, 0.2) is 0 Å². The van der Waals surface area contributed by atoms with Crippen LogP contribution in [0.2, 0.25) is 0 Å². The van der Waals surface area contributed by atoms with Crippen LogP contribution in [0.5, 0.6) is 5.75 Å². The first kappa shape index (κ1) is 13.4. The normalized spacial score (nSPS) is 11.1. The number of phenols is 1. The van der Waals surface area contributed by atoms with Gasteiger partial charge in [0.2, 0.25) is 0 Å². The van der Waals surface area contributed by atoms with Crippen molar-refractivity contribution in [3.05, 3.63) is 24.3 Å². The van der Waals surface area contributed by atoms with Crippen LogP contribution in [0, 0.1) is 0 Å². The molecule has 0 heterocycles. The van der Waals surface area contributed by atoms with Crippen molar-refractivity contribution < 1.29 is 14.6 Å². The predicted octanol–water partition coefficient (Wildman–Crippen LogP) is 3.15. The number of hydrogen-bond acceptors (Lipinski definition) is 3. The number of carbonyl (C=O) groups excluding carboxylic acids is 1. The first-order valence-corrected chi connectivity index (χ1v) is 5.63. The summed E-state index contributed by atoms with van der Waals surface area (Å²) in [4.78, 5) is 13.3. The predicted molar refractivity (Wildman–Crippen MR) is 67.4 cm³/mol. The molecule has 0 atom stereocenters. The molecule has 4 heteroatoms. The number of ether oxygens (including phenoxy) is 1. The van der Waals surface area contributed by atoms with Crippen molar-refractivity contribution in [2.24, 2.45) is 0 Å². The van der Waals surface area contributed by atoms with E-state index >= 15 is 0 Å². The molecule has 0 saturated carbocycles. The van der Waals surface area contributed by atoms with E-state index in [4.69, 9.17) is 4.74 Å². The molecular weight excluding hydrogens is 218 g/mol. The minimum atomic E-state index is -0.547. The Balaban J connectivity index is 2.93. The van der Waals surface area contributed by atoms with Gasteiger partial charge >= 0.3 is 6.09 Å².